The van der Waals surface area contributed by atoms with E-state index in [0.717, 1.165) is 37.9 Å². The topological polar surface area (TPSA) is 64.7 Å². The zero-order valence-electron chi connectivity index (χ0n) is 19.7. The molecule has 2 aliphatic rings. The molecule has 0 radical (unpaired) electrons. The number of aryl methyl sites for hydroxylation is 1. The van der Waals surface area contributed by atoms with Crippen LogP contribution in [-0.2, 0) is 6.42 Å². The Kier molecular flexibility index (Phi) is 8.00. The molecule has 3 amide bonds. The number of urea groups is 1. The van der Waals surface area contributed by atoms with Gasteiger partial charge >= 0.3 is 6.03 Å². The molecule has 2 aromatic rings. The van der Waals surface area contributed by atoms with E-state index in [4.69, 9.17) is 0 Å². The van der Waals surface area contributed by atoms with Crippen molar-refractivity contribution < 1.29 is 9.59 Å². The number of carbonyl (C=O) groups excluding carboxylic acids is 2. The minimum absolute atomic E-state index is 0.0685. The smallest absolute Gasteiger partial charge is 0.326 e. The maximum atomic E-state index is 13.0. The molecule has 6 heteroatoms. The van der Waals surface area contributed by atoms with E-state index < -0.39 is 0 Å². The Bertz CT molecular complexity index is 943. The van der Waals surface area contributed by atoms with Crippen molar-refractivity contribution in [3.05, 3.63) is 59.7 Å². The Balaban J connectivity index is 1.26. The Morgan fingerprint density at radius 3 is 2.58 bits per heavy atom. The van der Waals surface area contributed by atoms with Gasteiger partial charge in [0.05, 0.1) is 0 Å². The van der Waals surface area contributed by atoms with Crippen LogP contribution < -0.4 is 15.5 Å². The van der Waals surface area contributed by atoms with Crippen molar-refractivity contribution in [1.82, 2.24) is 10.2 Å². The zero-order chi connectivity index (χ0) is 23.0. The third-order valence-corrected chi connectivity index (χ3v) is 6.85. The largest absolute Gasteiger partial charge is 0.352 e. The van der Waals surface area contributed by atoms with Crippen molar-refractivity contribution in [3.63, 3.8) is 0 Å². The highest BCUT2D eigenvalue weighted by Crippen LogP contribution is 2.26. The second-order valence-electron chi connectivity index (χ2n) is 9.24. The first-order valence-corrected chi connectivity index (χ1v) is 12.4. The molecule has 176 valence electrons. The van der Waals surface area contributed by atoms with Crippen molar-refractivity contribution in [2.45, 2.75) is 57.9 Å². The number of hydrogen-bond donors (Lipinski definition) is 2. The molecule has 2 aliphatic heterocycles. The Hall–Kier alpha value is -2.86. The summed E-state index contributed by atoms with van der Waals surface area (Å²) in [6.07, 6.45) is 7.92. The lowest BCUT2D eigenvalue weighted by Crippen LogP contribution is -2.39. The summed E-state index contributed by atoms with van der Waals surface area (Å²) in [7, 11) is 0. The minimum atomic E-state index is -0.131. The molecule has 1 fully saturated rings. The first-order valence-electron chi connectivity index (χ1n) is 12.4. The molecule has 0 aliphatic carbocycles. The summed E-state index contributed by atoms with van der Waals surface area (Å²) >= 11 is 0. The molecule has 0 bridgehead atoms. The van der Waals surface area contributed by atoms with Crippen molar-refractivity contribution in [2.24, 2.45) is 0 Å². The monoisotopic (exact) mass is 448 g/mol. The fourth-order valence-electron chi connectivity index (χ4n) is 4.87. The van der Waals surface area contributed by atoms with Gasteiger partial charge in [-0.05, 0) is 87.9 Å². The average molecular weight is 449 g/mol. The van der Waals surface area contributed by atoms with Crippen LogP contribution in [0.3, 0.4) is 0 Å². The number of carbonyl (C=O) groups is 2. The van der Waals surface area contributed by atoms with Gasteiger partial charge in [-0.3, -0.25) is 9.69 Å². The van der Waals surface area contributed by atoms with E-state index in [9.17, 15) is 9.59 Å². The number of fused-ring (bicyclic) bond motifs is 1. The lowest BCUT2D eigenvalue weighted by molar-refractivity contribution is 0.0949. The van der Waals surface area contributed by atoms with E-state index in [2.05, 4.69) is 28.5 Å². The second-order valence-corrected chi connectivity index (χ2v) is 9.24. The maximum absolute atomic E-state index is 13.0. The van der Waals surface area contributed by atoms with E-state index in [1.807, 2.05) is 23.1 Å². The van der Waals surface area contributed by atoms with Crippen LogP contribution in [0.1, 0.15) is 61.4 Å². The van der Waals surface area contributed by atoms with E-state index in [1.165, 1.54) is 31.4 Å². The summed E-state index contributed by atoms with van der Waals surface area (Å²) in [6.45, 7) is 5.88. The van der Waals surface area contributed by atoms with Crippen LogP contribution >= 0.6 is 0 Å². The molecule has 0 spiro atoms. The van der Waals surface area contributed by atoms with Gasteiger partial charge in [0.15, 0.2) is 0 Å². The standard InChI is InChI=1S/C27H36N4O2/c1-21-9-4-6-18-30(21)19-8-17-28-26(32)23-13-15-24(16-14-23)29-27(33)31-20-7-5-11-22-10-2-3-12-25(22)31/h2-3,10,12-16,21H,4-9,11,17-20H2,1H3,(H,28,32)(H,29,33)/t21-/m0/s1. The predicted octanol–water partition coefficient (Wildman–Crippen LogP) is 5.06. The average Bonchev–Trinajstić information content (AvgIpc) is 3.06. The number of anilines is 2. The van der Waals surface area contributed by atoms with Gasteiger partial charge in [0.25, 0.3) is 5.91 Å². The summed E-state index contributed by atoms with van der Waals surface area (Å²) in [5.74, 6) is -0.0685. The number of nitrogens with zero attached hydrogens (tertiary/aromatic N) is 2. The van der Waals surface area contributed by atoms with Crippen molar-refractivity contribution >= 4 is 23.3 Å². The van der Waals surface area contributed by atoms with Crippen LogP contribution in [0.15, 0.2) is 48.5 Å². The van der Waals surface area contributed by atoms with Crippen LogP contribution in [-0.4, -0.2) is 49.1 Å². The van der Waals surface area contributed by atoms with Crippen molar-refractivity contribution in [1.29, 1.82) is 0 Å². The fourth-order valence-corrected chi connectivity index (χ4v) is 4.87. The predicted molar refractivity (Wildman–Crippen MR) is 134 cm³/mol. The first-order chi connectivity index (χ1) is 16.1. The molecule has 33 heavy (non-hydrogen) atoms. The molecule has 2 N–H and O–H groups in total. The van der Waals surface area contributed by atoms with Gasteiger partial charge < -0.3 is 15.5 Å². The van der Waals surface area contributed by atoms with Gasteiger partial charge in [-0.2, -0.15) is 0 Å². The summed E-state index contributed by atoms with van der Waals surface area (Å²) in [5.41, 5.74) is 3.51. The summed E-state index contributed by atoms with van der Waals surface area (Å²) in [4.78, 5) is 29.8. The van der Waals surface area contributed by atoms with Crippen LogP contribution in [0.25, 0.3) is 0 Å². The number of hydrogen-bond acceptors (Lipinski definition) is 3. The lowest BCUT2D eigenvalue weighted by Gasteiger charge is -2.33. The maximum Gasteiger partial charge on any atom is 0.326 e. The normalized spacial score (nSPS) is 18.8. The van der Waals surface area contributed by atoms with E-state index in [0.29, 0.717) is 30.4 Å². The molecule has 1 atom stereocenters. The van der Waals surface area contributed by atoms with Gasteiger partial charge in [-0.15, -0.1) is 0 Å². The van der Waals surface area contributed by atoms with Crippen LogP contribution in [0.4, 0.5) is 16.2 Å². The molecule has 0 saturated carbocycles. The highest BCUT2D eigenvalue weighted by Gasteiger charge is 2.21. The van der Waals surface area contributed by atoms with Crippen LogP contribution in [0.2, 0.25) is 0 Å². The molecule has 0 unspecified atom stereocenters. The number of rotatable bonds is 6. The van der Waals surface area contributed by atoms with E-state index in [-0.39, 0.29) is 11.9 Å². The molecule has 6 nitrogen and oxygen atoms in total. The van der Waals surface area contributed by atoms with E-state index in [1.54, 1.807) is 24.3 Å². The Morgan fingerprint density at radius 1 is 0.970 bits per heavy atom. The molecular weight excluding hydrogens is 412 g/mol. The van der Waals surface area contributed by atoms with Gasteiger partial charge in [0.1, 0.15) is 0 Å². The molecule has 0 aromatic heterocycles. The number of amides is 3. The Morgan fingerprint density at radius 2 is 1.76 bits per heavy atom. The van der Waals surface area contributed by atoms with E-state index >= 15 is 0 Å². The quantitative estimate of drug-likeness (QED) is 0.608. The zero-order valence-corrected chi connectivity index (χ0v) is 19.7. The molecule has 4 rings (SSSR count). The molecule has 1 saturated heterocycles. The summed E-state index contributed by atoms with van der Waals surface area (Å²) < 4.78 is 0. The first kappa shape index (κ1) is 23.3. The van der Waals surface area contributed by atoms with Gasteiger partial charge in [0, 0.05) is 42.6 Å². The SMILES string of the molecule is C[C@H]1CCCCN1CCCNC(=O)c1ccc(NC(=O)N2CCCCc3ccccc32)cc1. The third-order valence-electron chi connectivity index (χ3n) is 6.85. The van der Waals surface area contributed by atoms with Gasteiger partial charge in [0.2, 0.25) is 0 Å². The minimum Gasteiger partial charge on any atom is -0.352 e. The van der Waals surface area contributed by atoms with Crippen LogP contribution in [0, 0.1) is 0 Å². The van der Waals surface area contributed by atoms with Gasteiger partial charge in [-0.25, -0.2) is 4.79 Å². The second kappa shape index (κ2) is 11.3. The van der Waals surface area contributed by atoms with Crippen molar-refractivity contribution in [2.75, 3.05) is 36.4 Å². The third kappa shape index (κ3) is 6.14. The van der Waals surface area contributed by atoms with Gasteiger partial charge in [-0.1, -0.05) is 24.6 Å². The fraction of sp³-hybridized carbons (Fsp3) is 0.481. The molecule has 2 heterocycles. The van der Waals surface area contributed by atoms with Crippen molar-refractivity contribution in [3.8, 4) is 0 Å². The number of piperidine rings is 1. The Labute approximate surface area is 197 Å². The summed E-state index contributed by atoms with van der Waals surface area (Å²) in [5, 5.41) is 6.01. The number of likely N-dealkylation sites (tertiary alicyclic amines) is 1. The highest BCUT2D eigenvalue weighted by molar-refractivity contribution is 6.02. The number of nitrogens with one attached hydrogen (secondary N) is 2. The lowest BCUT2D eigenvalue weighted by atomic mass is 10.0. The summed E-state index contributed by atoms with van der Waals surface area (Å²) in [6, 6.07) is 15.8. The highest BCUT2D eigenvalue weighted by atomic mass is 16.2. The molecular formula is C27H36N4O2. The number of para-hydroxylation sites is 1. The molecule has 2 aromatic carbocycles. The number of benzene rings is 2. The van der Waals surface area contributed by atoms with Crippen LogP contribution in [0.5, 0.6) is 0 Å².